The van der Waals surface area contributed by atoms with E-state index in [2.05, 4.69) is 36.2 Å². The van der Waals surface area contributed by atoms with Crippen molar-refractivity contribution in [3.05, 3.63) is 36.9 Å². The lowest BCUT2D eigenvalue weighted by molar-refractivity contribution is 0.439. The lowest BCUT2D eigenvalue weighted by Crippen LogP contribution is -2.30. The van der Waals surface area contributed by atoms with Gasteiger partial charge in [0.15, 0.2) is 5.75 Å². The van der Waals surface area contributed by atoms with Crippen LogP contribution in [0, 0.1) is 5.41 Å². The number of rotatable bonds is 4. The molecular weight excluding hydrogens is 380 g/mol. The van der Waals surface area contributed by atoms with Crippen molar-refractivity contribution in [3.63, 3.8) is 0 Å². The predicted molar refractivity (Wildman–Crippen MR) is 115 cm³/mol. The van der Waals surface area contributed by atoms with Crippen LogP contribution in [-0.2, 0) is 0 Å². The number of aromatic amines is 1. The van der Waals surface area contributed by atoms with Crippen LogP contribution in [0.15, 0.2) is 36.9 Å². The van der Waals surface area contributed by atoms with Gasteiger partial charge >= 0.3 is 6.01 Å². The van der Waals surface area contributed by atoms with E-state index in [0.717, 1.165) is 46.5 Å². The monoisotopic (exact) mass is 402 g/mol. The minimum atomic E-state index is 0.160. The Bertz CT molecular complexity index is 1250. The number of ether oxygens (including phenoxy) is 1. The highest BCUT2D eigenvalue weighted by atomic mass is 16.5. The molecule has 4 N–H and O–H groups in total. The van der Waals surface area contributed by atoms with Crippen molar-refractivity contribution >= 4 is 33.4 Å². The van der Waals surface area contributed by atoms with Gasteiger partial charge in [0.2, 0.25) is 0 Å². The fraction of sp³-hybridized carbons (Fsp3) is 0.333. The van der Waals surface area contributed by atoms with Gasteiger partial charge in [-0.05, 0) is 18.9 Å². The highest BCUT2D eigenvalue weighted by Crippen LogP contribution is 2.53. The Hall–Kier alpha value is -3.46. The van der Waals surface area contributed by atoms with Crippen LogP contribution >= 0.6 is 0 Å². The summed E-state index contributed by atoms with van der Waals surface area (Å²) in [5.41, 5.74) is 9.46. The number of H-pyrrole nitrogens is 1. The van der Waals surface area contributed by atoms with Crippen LogP contribution in [0.25, 0.3) is 21.9 Å². The fourth-order valence-corrected chi connectivity index (χ4v) is 4.55. The molecule has 2 aliphatic rings. The first-order valence-corrected chi connectivity index (χ1v) is 10.1. The quantitative estimate of drug-likeness (QED) is 0.477. The molecule has 1 saturated carbocycles. The Morgan fingerprint density at radius 1 is 1.23 bits per heavy atom. The third-order valence-electron chi connectivity index (χ3n) is 6.36. The summed E-state index contributed by atoms with van der Waals surface area (Å²) in [5.74, 6) is 1.34. The molecule has 0 amide bonds. The van der Waals surface area contributed by atoms with Crippen LogP contribution in [0.3, 0.4) is 0 Å². The van der Waals surface area contributed by atoms with Gasteiger partial charge in [-0.15, -0.1) is 0 Å². The van der Waals surface area contributed by atoms with Crippen molar-refractivity contribution < 1.29 is 4.74 Å². The summed E-state index contributed by atoms with van der Waals surface area (Å²) in [5, 5.41) is 5.31. The second-order valence-corrected chi connectivity index (χ2v) is 8.18. The number of benzene rings is 1. The molecule has 4 heterocycles. The van der Waals surface area contributed by atoms with Crippen molar-refractivity contribution in [1.29, 1.82) is 0 Å². The Morgan fingerprint density at radius 3 is 2.80 bits per heavy atom. The topological polar surface area (TPSA) is 118 Å². The lowest BCUT2D eigenvalue weighted by Gasteiger charge is -2.19. The molecule has 1 aromatic carbocycles. The molecule has 1 saturated heterocycles. The van der Waals surface area contributed by atoms with E-state index in [9.17, 15) is 0 Å². The maximum atomic E-state index is 6.49. The number of fused-ring (bicyclic) bond motifs is 3. The summed E-state index contributed by atoms with van der Waals surface area (Å²) >= 11 is 0. The van der Waals surface area contributed by atoms with Crippen LogP contribution in [0.4, 0.5) is 11.5 Å². The van der Waals surface area contributed by atoms with Crippen molar-refractivity contribution in [2.75, 3.05) is 30.4 Å². The molecule has 3 aromatic heterocycles. The van der Waals surface area contributed by atoms with Crippen LogP contribution in [0.5, 0.6) is 11.8 Å². The van der Waals surface area contributed by atoms with E-state index in [0.29, 0.717) is 5.75 Å². The first-order valence-electron chi connectivity index (χ1n) is 10.1. The number of hydrogen-bond acceptors (Lipinski definition) is 8. The van der Waals surface area contributed by atoms with Gasteiger partial charge in [0.1, 0.15) is 17.8 Å². The first-order chi connectivity index (χ1) is 14.7. The minimum absolute atomic E-state index is 0.160. The van der Waals surface area contributed by atoms with Crippen LogP contribution < -0.4 is 20.7 Å². The summed E-state index contributed by atoms with van der Waals surface area (Å²) in [6.07, 6.45) is 7.01. The highest BCUT2D eigenvalue weighted by Gasteiger charge is 2.54. The average Bonchev–Trinajstić information content (AvgIpc) is 3.34. The zero-order valence-electron chi connectivity index (χ0n) is 16.6. The van der Waals surface area contributed by atoms with Gasteiger partial charge in [-0.1, -0.05) is 12.1 Å². The SMILES string of the molecule is CNc1cccc2c1[nH]c1nc(Oc3cncnc3)nc(N3C[C@@H](N)C4(CC4)C3)c12. The molecule has 1 spiro atoms. The van der Waals surface area contributed by atoms with Gasteiger partial charge in [-0.3, -0.25) is 0 Å². The van der Waals surface area contributed by atoms with Crippen molar-refractivity contribution in [1.82, 2.24) is 24.9 Å². The molecule has 4 aromatic rings. The highest BCUT2D eigenvalue weighted by molar-refractivity contribution is 6.14. The predicted octanol–water partition coefficient (Wildman–Crippen LogP) is 2.66. The summed E-state index contributed by atoms with van der Waals surface area (Å²) in [6.45, 7) is 1.69. The second-order valence-electron chi connectivity index (χ2n) is 8.18. The Balaban J connectivity index is 1.55. The van der Waals surface area contributed by atoms with E-state index >= 15 is 0 Å². The van der Waals surface area contributed by atoms with E-state index < -0.39 is 0 Å². The molecule has 9 nitrogen and oxygen atoms in total. The maximum Gasteiger partial charge on any atom is 0.326 e. The van der Waals surface area contributed by atoms with E-state index in [1.807, 2.05) is 19.2 Å². The molecule has 6 rings (SSSR count). The molecule has 0 unspecified atom stereocenters. The zero-order valence-corrected chi connectivity index (χ0v) is 16.6. The van der Waals surface area contributed by atoms with E-state index in [1.165, 1.54) is 19.2 Å². The van der Waals surface area contributed by atoms with Gasteiger partial charge in [0.25, 0.3) is 0 Å². The number of hydrogen-bond donors (Lipinski definition) is 3. The van der Waals surface area contributed by atoms with Crippen molar-refractivity contribution in [2.45, 2.75) is 18.9 Å². The Morgan fingerprint density at radius 2 is 2.07 bits per heavy atom. The van der Waals surface area contributed by atoms with Gasteiger partial charge in [0, 0.05) is 37.0 Å². The van der Waals surface area contributed by atoms with E-state index in [-0.39, 0.29) is 17.5 Å². The lowest BCUT2D eigenvalue weighted by atomic mass is 10.0. The largest absolute Gasteiger partial charge is 0.421 e. The Labute approximate surface area is 172 Å². The number of nitrogens with one attached hydrogen (secondary N) is 2. The molecule has 9 heteroatoms. The second kappa shape index (κ2) is 6.27. The number of anilines is 2. The first kappa shape index (κ1) is 17.4. The summed E-state index contributed by atoms with van der Waals surface area (Å²) < 4.78 is 5.89. The molecule has 152 valence electrons. The average molecular weight is 402 g/mol. The van der Waals surface area contributed by atoms with Crippen molar-refractivity contribution in [3.8, 4) is 11.8 Å². The number of nitrogens with two attached hydrogens (primary N) is 1. The van der Waals surface area contributed by atoms with Gasteiger partial charge < -0.3 is 25.7 Å². The standard InChI is InChI=1S/C21H22N8O/c1-23-14-4-2-3-13-16-18(26-17(13)14)27-20(30-12-7-24-11-25-8-12)28-19(16)29-9-15(22)21(10-29)5-6-21/h2-4,7-8,11,15,23H,5-6,9-10,22H2,1H3,(H,26,27,28)/t15-/m1/s1. The van der Waals surface area contributed by atoms with Crippen LogP contribution in [0.1, 0.15) is 12.8 Å². The summed E-state index contributed by atoms with van der Waals surface area (Å²) in [7, 11) is 1.91. The fourth-order valence-electron chi connectivity index (χ4n) is 4.55. The molecule has 2 fully saturated rings. The minimum Gasteiger partial charge on any atom is -0.421 e. The Kier molecular flexibility index (Phi) is 3.64. The maximum absolute atomic E-state index is 6.49. The number of aromatic nitrogens is 5. The molecular formula is C21H22N8O. The molecule has 0 bridgehead atoms. The normalized spacial score (nSPS) is 19.7. The third kappa shape index (κ3) is 2.58. The van der Waals surface area contributed by atoms with Crippen molar-refractivity contribution in [2.24, 2.45) is 11.1 Å². The van der Waals surface area contributed by atoms with E-state index in [1.54, 1.807) is 12.4 Å². The molecule has 1 atom stereocenters. The van der Waals surface area contributed by atoms with Gasteiger partial charge in [-0.25, -0.2) is 9.97 Å². The third-order valence-corrected chi connectivity index (χ3v) is 6.36. The smallest absolute Gasteiger partial charge is 0.326 e. The van der Waals surface area contributed by atoms with E-state index in [4.69, 9.17) is 15.5 Å². The number of nitrogens with zero attached hydrogens (tertiary/aromatic N) is 5. The number of para-hydroxylation sites is 1. The zero-order chi connectivity index (χ0) is 20.3. The molecule has 1 aliphatic heterocycles. The summed E-state index contributed by atoms with van der Waals surface area (Å²) in [6, 6.07) is 6.59. The van der Waals surface area contributed by atoms with Gasteiger partial charge in [-0.2, -0.15) is 9.97 Å². The molecule has 30 heavy (non-hydrogen) atoms. The molecule has 0 radical (unpaired) electrons. The van der Waals surface area contributed by atoms with Crippen LogP contribution in [0.2, 0.25) is 0 Å². The molecule has 1 aliphatic carbocycles. The summed E-state index contributed by atoms with van der Waals surface area (Å²) in [4.78, 5) is 23.2. The van der Waals surface area contributed by atoms with Crippen LogP contribution in [-0.4, -0.2) is 51.1 Å². The van der Waals surface area contributed by atoms with Gasteiger partial charge in [0.05, 0.1) is 29.0 Å².